The number of hydrogen-bond donors (Lipinski definition) is 3. The standard InChI is InChI=1S/C17H21N5O3S/c1-11-4-6-12(7-5-11)26(24,25)15-13-10-19-20-17(23)14(13)22(16(15)18)9-8-21(2)3/h4-7,10H,8-9,18H2,1-3H3,(H,20,23)/p+1. The maximum Gasteiger partial charge on any atom is 0.288 e. The van der Waals surface area contributed by atoms with E-state index in [4.69, 9.17) is 5.73 Å². The van der Waals surface area contributed by atoms with Crippen molar-refractivity contribution in [3.05, 3.63) is 46.4 Å². The summed E-state index contributed by atoms with van der Waals surface area (Å²) in [5.74, 6) is 0.0559. The fourth-order valence-electron chi connectivity index (χ4n) is 2.89. The number of nitrogens with two attached hydrogens (primary N) is 1. The number of nitrogen functional groups attached to an aromatic ring is 1. The molecule has 0 radical (unpaired) electrons. The molecule has 8 nitrogen and oxygen atoms in total. The minimum absolute atomic E-state index is 0.0559. The van der Waals surface area contributed by atoms with Gasteiger partial charge in [-0.2, -0.15) is 5.10 Å². The quantitative estimate of drug-likeness (QED) is 0.560. The molecule has 3 aromatic rings. The number of aryl methyl sites for hydroxylation is 1. The van der Waals surface area contributed by atoms with Gasteiger partial charge in [-0.05, 0) is 19.1 Å². The van der Waals surface area contributed by atoms with E-state index in [-0.39, 0.29) is 26.5 Å². The first-order valence-electron chi connectivity index (χ1n) is 8.19. The van der Waals surface area contributed by atoms with Gasteiger partial charge in [0.2, 0.25) is 9.84 Å². The lowest BCUT2D eigenvalue weighted by Gasteiger charge is -2.11. The van der Waals surface area contributed by atoms with Crippen molar-refractivity contribution in [1.82, 2.24) is 14.8 Å². The summed E-state index contributed by atoms with van der Waals surface area (Å²) in [5.41, 5.74) is 6.93. The third kappa shape index (κ3) is 2.99. The number of benzene rings is 1. The molecule has 0 atom stereocenters. The molecular formula is C17H22N5O3S+. The van der Waals surface area contributed by atoms with Crippen LogP contribution in [0.25, 0.3) is 10.9 Å². The minimum atomic E-state index is -3.89. The molecule has 0 saturated heterocycles. The van der Waals surface area contributed by atoms with E-state index in [1.54, 1.807) is 16.7 Å². The molecule has 0 saturated carbocycles. The highest BCUT2D eigenvalue weighted by atomic mass is 32.2. The van der Waals surface area contributed by atoms with Crippen LogP contribution in [-0.2, 0) is 16.4 Å². The molecule has 0 spiro atoms. The van der Waals surface area contributed by atoms with E-state index >= 15 is 0 Å². The molecule has 0 amide bonds. The van der Waals surface area contributed by atoms with Crippen LogP contribution in [0.3, 0.4) is 0 Å². The summed E-state index contributed by atoms with van der Waals surface area (Å²) in [6.45, 7) is 2.98. The van der Waals surface area contributed by atoms with Crippen LogP contribution in [0.1, 0.15) is 5.56 Å². The van der Waals surface area contributed by atoms with Crippen molar-refractivity contribution in [3.63, 3.8) is 0 Å². The lowest BCUT2D eigenvalue weighted by molar-refractivity contribution is -0.858. The van der Waals surface area contributed by atoms with Gasteiger partial charge in [0.05, 0.1) is 38.3 Å². The molecule has 3 rings (SSSR count). The van der Waals surface area contributed by atoms with Gasteiger partial charge in [-0.1, -0.05) is 17.7 Å². The molecule has 0 aliphatic heterocycles. The van der Waals surface area contributed by atoms with E-state index < -0.39 is 15.4 Å². The highest BCUT2D eigenvalue weighted by Crippen LogP contribution is 2.34. The van der Waals surface area contributed by atoms with Gasteiger partial charge in [-0.25, -0.2) is 13.5 Å². The Bertz CT molecular complexity index is 1110. The first-order valence-corrected chi connectivity index (χ1v) is 9.68. The number of likely N-dealkylation sites (N-methyl/N-ethyl adjacent to an activating group) is 1. The third-order valence-electron chi connectivity index (χ3n) is 4.30. The third-order valence-corrected chi connectivity index (χ3v) is 6.16. The number of rotatable bonds is 5. The summed E-state index contributed by atoms with van der Waals surface area (Å²) >= 11 is 0. The molecule has 1 aromatic carbocycles. The van der Waals surface area contributed by atoms with Crippen molar-refractivity contribution in [2.24, 2.45) is 0 Å². The molecule has 9 heteroatoms. The average Bonchev–Trinajstić information content (AvgIpc) is 2.86. The van der Waals surface area contributed by atoms with Crippen molar-refractivity contribution in [2.75, 3.05) is 26.4 Å². The first-order chi connectivity index (χ1) is 12.2. The van der Waals surface area contributed by atoms with Crippen LogP contribution in [0.2, 0.25) is 0 Å². The second-order valence-corrected chi connectivity index (χ2v) is 8.49. The van der Waals surface area contributed by atoms with Crippen LogP contribution in [0, 0.1) is 6.92 Å². The summed E-state index contributed by atoms with van der Waals surface area (Å²) in [7, 11) is 0.0468. The van der Waals surface area contributed by atoms with Gasteiger partial charge < -0.3 is 15.2 Å². The lowest BCUT2D eigenvalue weighted by Crippen LogP contribution is -3.06. The largest absolute Gasteiger partial charge is 0.384 e. The second kappa shape index (κ2) is 6.58. The van der Waals surface area contributed by atoms with Crippen LogP contribution in [0.5, 0.6) is 0 Å². The van der Waals surface area contributed by atoms with Crippen molar-refractivity contribution in [2.45, 2.75) is 23.3 Å². The molecule has 2 heterocycles. The summed E-state index contributed by atoms with van der Waals surface area (Å²) < 4.78 is 28.0. The van der Waals surface area contributed by atoms with E-state index in [1.807, 2.05) is 21.0 Å². The monoisotopic (exact) mass is 376 g/mol. The van der Waals surface area contributed by atoms with Gasteiger partial charge in [0, 0.05) is 5.39 Å². The van der Waals surface area contributed by atoms with Crippen LogP contribution in [0.15, 0.2) is 45.0 Å². The summed E-state index contributed by atoms with van der Waals surface area (Å²) in [4.78, 5) is 13.5. The summed E-state index contributed by atoms with van der Waals surface area (Å²) in [6.07, 6.45) is 1.34. The summed E-state index contributed by atoms with van der Waals surface area (Å²) in [5, 5.41) is 6.36. The Balaban J connectivity index is 2.30. The highest BCUT2D eigenvalue weighted by Gasteiger charge is 2.29. The zero-order valence-electron chi connectivity index (χ0n) is 14.9. The maximum atomic E-state index is 13.2. The van der Waals surface area contributed by atoms with Crippen LogP contribution in [-0.4, -0.2) is 43.8 Å². The molecule has 0 fully saturated rings. The zero-order valence-corrected chi connectivity index (χ0v) is 15.7. The van der Waals surface area contributed by atoms with Gasteiger partial charge in [0.25, 0.3) is 5.56 Å². The molecule has 0 aliphatic rings. The van der Waals surface area contributed by atoms with Crippen molar-refractivity contribution < 1.29 is 13.3 Å². The Hall–Kier alpha value is -2.65. The Morgan fingerprint density at radius 1 is 1.23 bits per heavy atom. The van der Waals surface area contributed by atoms with Gasteiger partial charge in [-0.15, -0.1) is 0 Å². The number of aromatic nitrogens is 3. The summed E-state index contributed by atoms with van der Waals surface area (Å²) in [6, 6.07) is 6.53. The molecule has 138 valence electrons. The van der Waals surface area contributed by atoms with Crippen LogP contribution in [0.4, 0.5) is 5.82 Å². The number of H-pyrrole nitrogens is 1. The van der Waals surface area contributed by atoms with E-state index in [2.05, 4.69) is 10.2 Å². The Morgan fingerprint density at radius 2 is 1.88 bits per heavy atom. The number of nitrogens with one attached hydrogen (secondary N) is 2. The Labute approximate surface area is 151 Å². The molecule has 4 N–H and O–H groups in total. The average molecular weight is 376 g/mol. The van der Waals surface area contributed by atoms with Gasteiger partial charge in [0.15, 0.2) is 0 Å². The normalized spacial score (nSPS) is 12.2. The number of sulfone groups is 1. The van der Waals surface area contributed by atoms with Gasteiger partial charge in [0.1, 0.15) is 16.2 Å². The molecule has 2 aromatic heterocycles. The maximum absolute atomic E-state index is 13.2. The van der Waals surface area contributed by atoms with E-state index in [0.717, 1.165) is 10.5 Å². The molecule has 0 bridgehead atoms. The van der Waals surface area contributed by atoms with Crippen molar-refractivity contribution in [3.8, 4) is 0 Å². The SMILES string of the molecule is Cc1ccc(S(=O)(=O)c2c(N)n(CC[NH+](C)C)c3c(=O)[nH]ncc23)cc1. The number of quaternary nitrogens is 1. The molecule has 0 aliphatic carbocycles. The molecule has 0 unspecified atom stereocenters. The molecule has 26 heavy (non-hydrogen) atoms. The fourth-order valence-corrected chi connectivity index (χ4v) is 4.45. The molecular weight excluding hydrogens is 354 g/mol. The van der Waals surface area contributed by atoms with E-state index in [1.165, 1.54) is 18.3 Å². The van der Waals surface area contributed by atoms with Crippen molar-refractivity contribution in [1.29, 1.82) is 0 Å². The van der Waals surface area contributed by atoms with E-state index in [9.17, 15) is 13.2 Å². The predicted molar refractivity (Wildman–Crippen MR) is 99.1 cm³/mol. The van der Waals surface area contributed by atoms with Gasteiger partial charge >= 0.3 is 0 Å². The predicted octanol–water partition coefficient (Wildman–Crippen LogP) is -0.407. The number of anilines is 1. The van der Waals surface area contributed by atoms with Crippen LogP contribution < -0.4 is 16.2 Å². The topological polar surface area (TPSA) is 115 Å². The minimum Gasteiger partial charge on any atom is -0.384 e. The number of nitrogens with zero attached hydrogens (tertiary/aromatic N) is 2. The number of hydrogen-bond acceptors (Lipinski definition) is 5. The lowest BCUT2D eigenvalue weighted by atomic mass is 10.2. The van der Waals surface area contributed by atoms with Crippen molar-refractivity contribution >= 4 is 26.6 Å². The Kier molecular flexibility index (Phi) is 4.59. The number of fused-ring (bicyclic) bond motifs is 1. The Morgan fingerprint density at radius 3 is 2.50 bits per heavy atom. The smallest absolute Gasteiger partial charge is 0.288 e. The number of aromatic amines is 1. The van der Waals surface area contributed by atoms with Gasteiger partial charge in [-0.3, -0.25) is 4.79 Å². The van der Waals surface area contributed by atoms with Crippen LogP contribution >= 0.6 is 0 Å². The first kappa shape index (κ1) is 18.2. The highest BCUT2D eigenvalue weighted by molar-refractivity contribution is 7.92. The fraction of sp³-hybridized carbons (Fsp3) is 0.294. The van der Waals surface area contributed by atoms with E-state index in [0.29, 0.717) is 13.1 Å². The second-order valence-electron chi connectivity index (χ2n) is 6.60. The zero-order chi connectivity index (χ0) is 19.1.